The summed E-state index contributed by atoms with van der Waals surface area (Å²) in [5.41, 5.74) is 0.730. The topological polar surface area (TPSA) is 115 Å². The summed E-state index contributed by atoms with van der Waals surface area (Å²) in [5.74, 6) is 1.44. The van der Waals surface area contributed by atoms with E-state index >= 15 is 0 Å². The molecule has 4 N–H and O–H groups in total. The normalized spacial score (nSPS) is 11.4. The molecule has 0 radical (unpaired) electrons. The van der Waals surface area contributed by atoms with Crippen LogP contribution in [0.15, 0.2) is 23.2 Å². The van der Waals surface area contributed by atoms with E-state index in [9.17, 15) is 8.42 Å². The molecule has 0 aliphatic heterocycles. The van der Waals surface area contributed by atoms with Crippen molar-refractivity contribution in [3.05, 3.63) is 18.2 Å². The second-order valence-electron chi connectivity index (χ2n) is 4.32. The summed E-state index contributed by atoms with van der Waals surface area (Å²) in [6.07, 6.45) is 0. The summed E-state index contributed by atoms with van der Waals surface area (Å²) in [6.45, 7) is 2.61. The number of nitrogens with one attached hydrogen (secondary N) is 2. The van der Waals surface area contributed by atoms with Gasteiger partial charge in [-0.1, -0.05) is 0 Å². The van der Waals surface area contributed by atoms with Gasteiger partial charge in [0.25, 0.3) is 0 Å². The SMILES string of the molecule is CCNC(=NCCS(N)(=O)=O)Nc1ccc(OC)c(OC)c1.I. The number of nitrogens with two attached hydrogens (primary N) is 1. The minimum atomic E-state index is -3.53. The van der Waals surface area contributed by atoms with Gasteiger partial charge in [-0.15, -0.1) is 24.0 Å². The number of rotatable bonds is 7. The Morgan fingerprint density at radius 2 is 1.91 bits per heavy atom. The molecule has 0 atom stereocenters. The molecule has 0 heterocycles. The monoisotopic (exact) mass is 458 g/mol. The molecule has 132 valence electrons. The molecule has 1 rings (SSSR count). The summed E-state index contributed by atoms with van der Waals surface area (Å²) in [6, 6.07) is 5.31. The number of benzene rings is 1. The van der Waals surface area contributed by atoms with Crippen LogP contribution in [0.1, 0.15) is 6.92 Å². The molecule has 10 heteroatoms. The Kier molecular flexibility index (Phi) is 9.91. The van der Waals surface area contributed by atoms with Crippen LogP contribution in [-0.4, -0.2) is 47.4 Å². The third-order valence-corrected chi connectivity index (χ3v) is 3.39. The largest absolute Gasteiger partial charge is 0.493 e. The third kappa shape index (κ3) is 8.23. The van der Waals surface area contributed by atoms with Crippen LogP contribution in [0, 0.1) is 0 Å². The van der Waals surface area contributed by atoms with Gasteiger partial charge in [0.2, 0.25) is 10.0 Å². The van der Waals surface area contributed by atoms with Gasteiger partial charge in [-0.2, -0.15) is 0 Å². The summed E-state index contributed by atoms with van der Waals surface area (Å²) >= 11 is 0. The summed E-state index contributed by atoms with van der Waals surface area (Å²) in [5, 5.41) is 11.0. The van der Waals surface area contributed by atoms with Crippen molar-refractivity contribution in [1.82, 2.24) is 5.32 Å². The number of sulfonamides is 1. The minimum Gasteiger partial charge on any atom is -0.493 e. The molecule has 0 aliphatic rings. The van der Waals surface area contributed by atoms with Crippen LogP contribution in [0.5, 0.6) is 11.5 Å². The van der Waals surface area contributed by atoms with E-state index in [2.05, 4.69) is 15.6 Å². The van der Waals surface area contributed by atoms with Crippen molar-refractivity contribution in [2.75, 3.05) is 38.4 Å². The van der Waals surface area contributed by atoms with E-state index in [-0.39, 0.29) is 36.3 Å². The van der Waals surface area contributed by atoms with Gasteiger partial charge in [-0.05, 0) is 19.1 Å². The van der Waals surface area contributed by atoms with Crippen LogP contribution < -0.4 is 25.2 Å². The Hall–Kier alpha value is -1.27. The lowest BCUT2D eigenvalue weighted by Crippen LogP contribution is -2.31. The third-order valence-electron chi connectivity index (χ3n) is 2.64. The number of anilines is 1. The van der Waals surface area contributed by atoms with E-state index in [0.29, 0.717) is 24.0 Å². The average Bonchev–Trinajstić information content (AvgIpc) is 2.46. The molecule has 1 aromatic rings. The zero-order valence-corrected chi connectivity index (χ0v) is 16.5. The van der Waals surface area contributed by atoms with E-state index in [1.807, 2.05) is 6.92 Å². The maximum atomic E-state index is 10.9. The molecule has 0 fully saturated rings. The smallest absolute Gasteiger partial charge is 0.210 e. The predicted octanol–water partition coefficient (Wildman–Crippen LogP) is 0.988. The van der Waals surface area contributed by atoms with Gasteiger partial charge in [-0.25, -0.2) is 13.6 Å². The Morgan fingerprint density at radius 1 is 1.26 bits per heavy atom. The number of aliphatic imine (C=N–C) groups is 1. The number of halogens is 1. The molecular weight excluding hydrogens is 435 g/mol. The molecule has 0 unspecified atom stereocenters. The van der Waals surface area contributed by atoms with Gasteiger partial charge in [0.1, 0.15) is 0 Å². The van der Waals surface area contributed by atoms with Gasteiger partial charge in [0, 0.05) is 18.3 Å². The molecule has 1 aromatic carbocycles. The number of nitrogens with zero attached hydrogens (tertiary/aromatic N) is 1. The number of guanidine groups is 1. The first kappa shape index (κ1) is 21.7. The Bertz CT molecular complexity index is 622. The van der Waals surface area contributed by atoms with E-state index in [4.69, 9.17) is 14.6 Å². The molecule has 0 saturated heterocycles. The van der Waals surface area contributed by atoms with Crippen LogP contribution in [0.25, 0.3) is 0 Å². The highest BCUT2D eigenvalue weighted by molar-refractivity contribution is 14.0. The second kappa shape index (κ2) is 10.5. The van der Waals surface area contributed by atoms with Gasteiger partial charge < -0.3 is 20.1 Å². The summed E-state index contributed by atoms with van der Waals surface area (Å²) in [7, 11) is -0.419. The van der Waals surface area contributed by atoms with Crippen molar-refractivity contribution in [1.29, 1.82) is 0 Å². The van der Waals surface area contributed by atoms with Crippen molar-refractivity contribution in [3.63, 3.8) is 0 Å². The van der Waals surface area contributed by atoms with Crippen LogP contribution in [0.2, 0.25) is 0 Å². The fraction of sp³-hybridized carbons (Fsp3) is 0.462. The zero-order valence-electron chi connectivity index (χ0n) is 13.3. The van der Waals surface area contributed by atoms with Gasteiger partial charge in [0.05, 0.1) is 26.5 Å². The lowest BCUT2D eigenvalue weighted by atomic mass is 10.3. The highest BCUT2D eigenvalue weighted by atomic mass is 127. The number of ether oxygens (including phenoxy) is 2. The van der Waals surface area contributed by atoms with Gasteiger partial charge >= 0.3 is 0 Å². The Labute approximate surface area is 153 Å². The fourth-order valence-electron chi connectivity index (χ4n) is 1.64. The molecule has 0 bridgehead atoms. The number of primary sulfonamides is 1. The van der Waals surface area contributed by atoms with Crippen molar-refractivity contribution >= 4 is 45.6 Å². The van der Waals surface area contributed by atoms with Crippen LogP contribution in [0.4, 0.5) is 5.69 Å². The molecular formula is C13H23IN4O4S. The molecule has 0 amide bonds. The van der Waals surface area contributed by atoms with E-state index in [1.54, 1.807) is 32.4 Å². The van der Waals surface area contributed by atoms with Crippen LogP contribution in [-0.2, 0) is 10.0 Å². The van der Waals surface area contributed by atoms with Crippen molar-refractivity contribution in [2.45, 2.75) is 6.92 Å². The van der Waals surface area contributed by atoms with Crippen molar-refractivity contribution in [2.24, 2.45) is 10.1 Å². The molecule has 0 aromatic heterocycles. The Morgan fingerprint density at radius 3 is 2.43 bits per heavy atom. The number of hydrogen-bond donors (Lipinski definition) is 3. The standard InChI is InChI=1S/C13H22N4O4S.HI/c1-4-15-13(16-7-8-22(14,18)19)17-10-5-6-11(20-2)12(9-10)21-3;/h5-6,9H,4,7-8H2,1-3H3,(H2,14,18,19)(H2,15,16,17);1H. The Balaban J connectivity index is 0.00000484. The minimum absolute atomic E-state index is 0. The predicted molar refractivity (Wildman–Crippen MR) is 103 cm³/mol. The molecule has 8 nitrogen and oxygen atoms in total. The number of methoxy groups -OCH3 is 2. The highest BCUT2D eigenvalue weighted by Crippen LogP contribution is 2.29. The zero-order chi connectivity index (χ0) is 16.6. The lowest BCUT2D eigenvalue weighted by molar-refractivity contribution is 0.355. The average molecular weight is 458 g/mol. The van der Waals surface area contributed by atoms with Crippen molar-refractivity contribution < 1.29 is 17.9 Å². The van der Waals surface area contributed by atoms with E-state index in [0.717, 1.165) is 5.69 Å². The van der Waals surface area contributed by atoms with Crippen LogP contribution in [0.3, 0.4) is 0 Å². The lowest BCUT2D eigenvalue weighted by Gasteiger charge is -2.13. The highest BCUT2D eigenvalue weighted by Gasteiger charge is 2.07. The second-order valence-corrected chi connectivity index (χ2v) is 6.06. The van der Waals surface area contributed by atoms with E-state index < -0.39 is 10.0 Å². The van der Waals surface area contributed by atoms with Crippen LogP contribution >= 0.6 is 24.0 Å². The summed E-state index contributed by atoms with van der Waals surface area (Å²) < 4.78 is 32.2. The molecule has 0 saturated carbocycles. The first-order valence-corrected chi connectivity index (χ1v) is 8.39. The van der Waals surface area contributed by atoms with Gasteiger partial charge in [0.15, 0.2) is 17.5 Å². The maximum absolute atomic E-state index is 10.9. The molecule has 23 heavy (non-hydrogen) atoms. The number of hydrogen-bond acceptors (Lipinski definition) is 5. The fourth-order valence-corrected chi connectivity index (χ4v) is 1.99. The molecule has 0 aliphatic carbocycles. The quantitative estimate of drug-likeness (QED) is 0.319. The molecule has 0 spiro atoms. The summed E-state index contributed by atoms with van der Waals surface area (Å²) in [4.78, 5) is 4.16. The van der Waals surface area contributed by atoms with Gasteiger partial charge in [-0.3, -0.25) is 4.99 Å². The van der Waals surface area contributed by atoms with Crippen molar-refractivity contribution in [3.8, 4) is 11.5 Å². The maximum Gasteiger partial charge on any atom is 0.210 e. The van der Waals surface area contributed by atoms with E-state index in [1.165, 1.54) is 0 Å². The first-order valence-electron chi connectivity index (χ1n) is 6.67. The first-order chi connectivity index (χ1) is 10.4.